The van der Waals surface area contributed by atoms with Crippen molar-refractivity contribution >= 4 is 40.3 Å². The molecule has 130 valence electrons. The predicted octanol–water partition coefficient (Wildman–Crippen LogP) is 2.91. The molecule has 25 heavy (non-hydrogen) atoms. The van der Waals surface area contributed by atoms with Crippen LogP contribution in [-0.4, -0.2) is 43.4 Å². The fraction of sp³-hybridized carbons (Fsp3) is 0.250. The average molecular weight is 380 g/mol. The molecule has 2 aromatic heterocycles. The molecule has 0 aliphatic rings. The van der Waals surface area contributed by atoms with Gasteiger partial charge in [-0.3, -0.25) is 9.48 Å². The Balaban J connectivity index is 1.67. The molecule has 0 bridgehead atoms. The van der Waals surface area contributed by atoms with E-state index >= 15 is 0 Å². The maximum Gasteiger partial charge on any atom is 0.233 e. The number of rotatable bonds is 5. The molecular weight excluding hydrogens is 365 g/mol. The van der Waals surface area contributed by atoms with Crippen molar-refractivity contribution in [3.63, 3.8) is 0 Å². The van der Waals surface area contributed by atoms with E-state index in [2.05, 4.69) is 15.1 Å². The standard InChI is InChI=1S/C16H15ClFN5OS/c1-22(7-11-12(17)4-3-5-13(11)18)14(24)8-25-16-10-6-21-23(2)15(10)19-9-20-16/h3-6,9H,7-8H2,1-2H3. The Kier molecular flexibility index (Phi) is 5.19. The van der Waals surface area contributed by atoms with Gasteiger partial charge in [0.25, 0.3) is 0 Å². The molecule has 6 nitrogen and oxygen atoms in total. The minimum Gasteiger partial charge on any atom is -0.341 e. The van der Waals surface area contributed by atoms with Crippen LogP contribution in [0.25, 0.3) is 11.0 Å². The van der Waals surface area contributed by atoms with E-state index in [0.29, 0.717) is 21.3 Å². The molecule has 2 heterocycles. The van der Waals surface area contributed by atoms with Crippen LogP contribution in [0.1, 0.15) is 5.56 Å². The number of thioether (sulfide) groups is 1. The second-order valence-corrected chi connectivity index (χ2v) is 6.79. The summed E-state index contributed by atoms with van der Waals surface area (Å²) in [4.78, 5) is 22.2. The Hall–Kier alpha value is -2.19. The third-order valence-corrected chi connectivity index (χ3v) is 5.05. The number of nitrogens with zero attached hydrogens (tertiary/aromatic N) is 5. The van der Waals surface area contributed by atoms with Gasteiger partial charge in [-0.15, -0.1) is 0 Å². The first-order valence-corrected chi connectivity index (χ1v) is 8.76. The summed E-state index contributed by atoms with van der Waals surface area (Å²) in [6, 6.07) is 4.47. The number of benzene rings is 1. The van der Waals surface area contributed by atoms with Crippen molar-refractivity contribution in [2.45, 2.75) is 11.6 Å². The zero-order valence-corrected chi connectivity index (χ0v) is 15.2. The number of aryl methyl sites for hydroxylation is 1. The lowest BCUT2D eigenvalue weighted by molar-refractivity contribution is -0.127. The van der Waals surface area contributed by atoms with Gasteiger partial charge < -0.3 is 4.90 Å². The van der Waals surface area contributed by atoms with Gasteiger partial charge in [-0.1, -0.05) is 29.4 Å². The van der Waals surface area contributed by atoms with Gasteiger partial charge in [-0.2, -0.15) is 5.10 Å². The molecular formula is C16H15ClFN5OS. The molecule has 3 aromatic rings. The Bertz CT molecular complexity index is 912. The van der Waals surface area contributed by atoms with Gasteiger partial charge in [-0.25, -0.2) is 14.4 Å². The van der Waals surface area contributed by atoms with E-state index in [-0.39, 0.29) is 18.2 Å². The number of fused-ring (bicyclic) bond motifs is 1. The lowest BCUT2D eigenvalue weighted by atomic mass is 10.2. The van der Waals surface area contributed by atoms with Gasteiger partial charge in [-0.05, 0) is 12.1 Å². The minimum atomic E-state index is -0.423. The number of amides is 1. The van der Waals surface area contributed by atoms with Crippen LogP contribution < -0.4 is 0 Å². The highest BCUT2D eigenvalue weighted by atomic mass is 35.5. The van der Waals surface area contributed by atoms with E-state index in [1.165, 1.54) is 35.1 Å². The van der Waals surface area contributed by atoms with Gasteiger partial charge in [0.1, 0.15) is 17.2 Å². The number of carbonyl (C=O) groups is 1. The third kappa shape index (κ3) is 3.74. The molecule has 0 N–H and O–H groups in total. The Morgan fingerprint density at radius 2 is 2.20 bits per heavy atom. The summed E-state index contributed by atoms with van der Waals surface area (Å²) in [5, 5.41) is 5.93. The van der Waals surface area contributed by atoms with E-state index in [0.717, 1.165) is 5.39 Å². The molecule has 0 saturated heterocycles. The normalized spacial score (nSPS) is 11.0. The highest BCUT2D eigenvalue weighted by molar-refractivity contribution is 8.00. The molecule has 0 radical (unpaired) electrons. The second kappa shape index (κ2) is 7.37. The summed E-state index contributed by atoms with van der Waals surface area (Å²) in [7, 11) is 3.41. The summed E-state index contributed by atoms with van der Waals surface area (Å²) < 4.78 is 15.5. The Labute approximate surface area is 153 Å². The first-order chi connectivity index (χ1) is 12.0. The van der Waals surface area contributed by atoms with Crippen LogP contribution >= 0.6 is 23.4 Å². The first kappa shape index (κ1) is 17.6. The van der Waals surface area contributed by atoms with Crippen molar-refractivity contribution in [2.24, 2.45) is 7.05 Å². The van der Waals surface area contributed by atoms with Crippen LogP contribution in [0, 0.1) is 5.82 Å². The zero-order valence-electron chi connectivity index (χ0n) is 13.6. The van der Waals surface area contributed by atoms with Crippen LogP contribution in [0.5, 0.6) is 0 Å². The predicted molar refractivity (Wildman–Crippen MR) is 94.9 cm³/mol. The second-order valence-electron chi connectivity index (χ2n) is 5.42. The smallest absolute Gasteiger partial charge is 0.233 e. The molecule has 1 aromatic carbocycles. The van der Waals surface area contributed by atoms with Crippen molar-refractivity contribution in [1.82, 2.24) is 24.6 Å². The summed E-state index contributed by atoms with van der Waals surface area (Å²) in [5.74, 6) is -0.406. The first-order valence-electron chi connectivity index (χ1n) is 7.39. The summed E-state index contributed by atoms with van der Waals surface area (Å²) in [6.07, 6.45) is 3.12. The van der Waals surface area contributed by atoms with Crippen LogP contribution in [0.3, 0.4) is 0 Å². The van der Waals surface area contributed by atoms with Crippen molar-refractivity contribution in [3.05, 3.63) is 47.1 Å². The molecule has 0 saturated carbocycles. The lowest BCUT2D eigenvalue weighted by Gasteiger charge is -2.18. The Morgan fingerprint density at radius 1 is 1.40 bits per heavy atom. The zero-order chi connectivity index (χ0) is 18.0. The maximum atomic E-state index is 13.8. The maximum absolute atomic E-state index is 13.8. The minimum absolute atomic E-state index is 0.108. The number of carbonyl (C=O) groups excluding carboxylic acids is 1. The van der Waals surface area contributed by atoms with Gasteiger partial charge in [0.15, 0.2) is 5.65 Å². The third-order valence-electron chi connectivity index (χ3n) is 3.71. The highest BCUT2D eigenvalue weighted by Gasteiger charge is 2.16. The van der Waals surface area contributed by atoms with Crippen molar-refractivity contribution in [3.8, 4) is 0 Å². The molecule has 0 aliphatic heterocycles. The highest BCUT2D eigenvalue weighted by Crippen LogP contribution is 2.25. The topological polar surface area (TPSA) is 63.9 Å². The molecule has 9 heteroatoms. The van der Waals surface area contributed by atoms with Crippen LogP contribution in [0.2, 0.25) is 5.02 Å². The van der Waals surface area contributed by atoms with Crippen molar-refractivity contribution in [2.75, 3.05) is 12.8 Å². The van der Waals surface area contributed by atoms with Crippen molar-refractivity contribution < 1.29 is 9.18 Å². The SMILES string of the molecule is CN(Cc1c(F)cccc1Cl)C(=O)CSc1ncnc2c1cnn2C. The molecule has 0 aliphatic carbocycles. The largest absolute Gasteiger partial charge is 0.341 e. The van der Waals surface area contributed by atoms with Crippen LogP contribution in [-0.2, 0) is 18.4 Å². The molecule has 0 atom stereocenters. The van der Waals surface area contributed by atoms with Crippen LogP contribution in [0.4, 0.5) is 4.39 Å². The molecule has 1 amide bonds. The van der Waals surface area contributed by atoms with E-state index in [4.69, 9.17) is 11.6 Å². The van der Waals surface area contributed by atoms with E-state index < -0.39 is 5.82 Å². The van der Waals surface area contributed by atoms with Gasteiger partial charge in [0.05, 0.1) is 17.3 Å². The fourth-order valence-corrected chi connectivity index (χ4v) is 3.43. The quantitative estimate of drug-likeness (QED) is 0.504. The Morgan fingerprint density at radius 3 is 2.96 bits per heavy atom. The molecule has 3 rings (SSSR count). The van der Waals surface area contributed by atoms with Crippen LogP contribution in [0.15, 0.2) is 35.7 Å². The average Bonchev–Trinajstić information content (AvgIpc) is 2.98. The summed E-state index contributed by atoms with van der Waals surface area (Å²) in [5.41, 5.74) is 1.01. The van der Waals surface area contributed by atoms with Gasteiger partial charge >= 0.3 is 0 Å². The van der Waals surface area contributed by atoms with Gasteiger partial charge in [0, 0.05) is 31.2 Å². The van der Waals surface area contributed by atoms with E-state index in [1.807, 2.05) is 0 Å². The summed E-state index contributed by atoms with van der Waals surface area (Å²) >= 11 is 7.31. The molecule has 0 unspecified atom stereocenters. The fourth-order valence-electron chi connectivity index (χ4n) is 2.30. The molecule has 0 fully saturated rings. The monoisotopic (exact) mass is 379 g/mol. The number of halogens is 2. The van der Waals surface area contributed by atoms with E-state index in [1.54, 1.807) is 31.0 Å². The summed E-state index contributed by atoms with van der Waals surface area (Å²) in [6.45, 7) is 0.108. The molecule has 0 spiro atoms. The van der Waals surface area contributed by atoms with Crippen molar-refractivity contribution in [1.29, 1.82) is 0 Å². The van der Waals surface area contributed by atoms with Gasteiger partial charge in [0.2, 0.25) is 5.91 Å². The number of aromatic nitrogens is 4. The number of hydrogen-bond donors (Lipinski definition) is 0. The lowest BCUT2D eigenvalue weighted by Crippen LogP contribution is -2.28. The van der Waals surface area contributed by atoms with E-state index in [9.17, 15) is 9.18 Å². The number of hydrogen-bond acceptors (Lipinski definition) is 5.